The molecule has 40 heavy (non-hydrogen) atoms. The fraction of sp³-hybridized carbons (Fsp3) is 0.382. The summed E-state index contributed by atoms with van der Waals surface area (Å²) in [7, 11) is 4.50. The van der Waals surface area contributed by atoms with E-state index in [1.807, 2.05) is 37.3 Å². The molecular weight excluding hydrogens is 525 g/mol. The molecule has 0 saturated heterocycles. The molecule has 0 radical (unpaired) electrons. The summed E-state index contributed by atoms with van der Waals surface area (Å²) in [6, 6.07) is 14.4. The second kappa shape index (κ2) is 12.2. The molecule has 3 aromatic carbocycles. The third-order valence-electron chi connectivity index (χ3n) is 8.60. The SMILES string of the molecule is CC/C(C(=O)O)=C(/CCCOc1cccc2cc(F)ccc12)c1ccc(Cl)c(C2=C(C)CC[N+](C)(C)C2C)c1C. The van der Waals surface area contributed by atoms with E-state index >= 15 is 0 Å². The third-order valence-corrected chi connectivity index (χ3v) is 8.92. The molecule has 4 nitrogen and oxygen atoms in total. The Morgan fingerprint density at radius 3 is 2.60 bits per heavy atom. The van der Waals surface area contributed by atoms with Crippen LogP contribution < -0.4 is 4.74 Å². The topological polar surface area (TPSA) is 46.5 Å². The molecule has 0 bridgehead atoms. The maximum Gasteiger partial charge on any atom is 0.331 e. The first kappa shape index (κ1) is 29.8. The van der Waals surface area contributed by atoms with Gasteiger partial charge in [-0.05, 0) is 92.5 Å². The molecule has 4 rings (SSSR count). The van der Waals surface area contributed by atoms with Crippen molar-refractivity contribution in [2.75, 3.05) is 27.2 Å². The predicted octanol–water partition coefficient (Wildman–Crippen LogP) is 8.69. The van der Waals surface area contributed by atoms with Crippen molar-refractivity contribution in [3.8, 4) is 5.75 Å². The first-order valence-corrected chi connectivity index (χ1v) is 14.4. The van der Waals surface area contributed by atoms with Gasteiger partial charge in [0, 0.05) is 33.5 Å². The highest BCUT2D eigenvalue weighted by Crippen LogP contribution is 2.42. The number of nitrogens with zero attached hydrogens (tertiary/aromatic N) is 1. The monoisotopic (exact) mass is 564 g/mol. The Morgan fingerprint density at radius 2 is 1.90 bits per heavy atom. The van der Waals surface area contributed by atoms with Crippen LogP contribution in [0.4, 0.5) is 4.39 Å². The molecule has 0 amide bonds. The van der Waals surface area contributed by atoms with Gasteiger partial charge in [0.2, 0.25) is 0 Å². The lowest BCUT2D eigenvalue weighted by molar-refractivity contribution is -0.905. The van der Waals surface area contributed by atoms with Crippen molar-refractivity contribution in [3.05, 3.63) is 87.2 Å². The number of carbonyl (C=O) groups is 1. The Labute approximate surface area is 242 Å². The molecule has 0 saturated carbocycles. The van der Waals surface area contributed by atoms with Crippen LogP contribution in [0.15, 0.2) is 59.7 Å². The first-order chi connectivity index (χ1) is 19.0. The number of halogens is 2. The second-order valence-corrected chi connectivity index (χ2v) is 11.8. The van der Waals surface area contributed by atoms with Gasteiger partial charge in [-0.25, -0.2) is 9.18 Å². The molecule has 3 aromatic rings. The van der Waals surface area contributed by atoms with Crippen LogP contribution in [-0.2, 0) is 4.79 Å². The summed E-state index contributed by atoms with van der Waals surface area (Å²) in [5.41, 5.74) is 6.84. The van der Waals surface area contributed by atoms with Gasteiger partial charge in [0.25, 0.3) is 0 Å². The Bertz CT molecular complexity index is 1500. The number of allylic oxidation sites excluding steroid dienone is 1. The minimum absolute atomic E-state index is 0.264. The van der Waals surface area contributed by atoms with Crippen LogP contribution in [0.3, 0.4) is 0 Å². The van der Waals surface area contributed by atoms with E-state index in [-0.39, 0.29) is 11.9 Å². The molecule has 1 aliphatic rings. The van der Waals surface area contributed by atoms with E-state index in [0.717, 1.165) is 50.5 Å². The summed E-state index contributed by atoms with van der Waals surface area (Å²) in [6.07, 6.45) is 2.60. The third kappa shape index (κ3) is 5.96. The van der Waals surface area contributed by atoms with Crippen LogP contribution in [0.2, 0.25) is 5.02 Å². The lowest BCUT2D eigenvalue weighted by Gasteiger charge is -2.42. The highest BCUT2D eigenvalue weighted by atomic mass is 35.5. The summed E-state index contributed by atoms with van der Waals surface area (Å²) < 4.78 is 20.7. The van der Waals surface area contributed by atoms with Crippen LogP contribution in [0, 0.1) is 12.7 Å². The first-order valence-electron chi connectivity index (χ1n) is 14.0. The molecule has 212 valence electrons. The second-order valence-electron chi connectivity index (χ2n) is 11.4. The van der Waals surface area contributed by atoms with Crippen molar-refractivity contribution in [1.29, 1.82) is 0 Å². The largest absolute Gasteiger partial charge is 0.493 e. The van der Waals surface area contributed by atoms with E-state index in [2.05, 4.69) is 34.9 Å². The molecule has 1 heterocycles. The van der Waals surface area contributed by atoms with E-state index in [1.54, 1.807) is 6.07 Å². The van der Waals surface area contributed by atoms with Gasteiger partial charge >= 0.3 is 5.97 Å². The minimum Gasteiger partial charge on any atom is -0.493 e. The van der Waals surface area contributed by atoms with Crippen molar-refractivity contribution < 1.29 is 23.5 Å². The fourth-order valence-electron chi connectivity index (χ4n) is 5.97. The van der Waals surface area contributed by atoms with Crippen molar-refractivity contribution in [2.24, 2.45) is 0 Å². The smallest absolute Gasteiger partial charge is 0.331 e. The highest BCUT2D eigenvalue weighted by Gasteiger charge is 2.35. The molecule has 6 heteroatoms. The molecule has 1 atom stereocenters. The minimum atomic E-state index is -0.898. The highest BCUT2D eigenvalue weighted by molar-refractivity contribution is 6.32. The molecule has 0 aliphatic carbocycles. The maximum absolute atomic E-state index is 13.7. The molecule has 1 N–H and O–H groups in total. The Morgan fingerprint density at radius 1 is 1.15 bits per heavy atom. The van der Waals surface area contributed by atoms with E-state index in [4.69, 9.17) is 16.3 Å². The Hall–Kier alpha value is -3.15. The Balaban J connectivity index is 1.67. The number of ether oxygens (including phenoxy) is 1. The van der Waals surface area contributed by atoms with Gasteiger partial charge in [-0.1, -0.05) is 42.3 Å². The predicted molar refractivity (Wildman–Crippen MR) is 163 cm³/mol. The summed E-state index contributed by atoms with van der Waals surface area (Å²) in [4.78, 5) is 12.4. The van der Waals surface area contributed by atoms with Crippen LogP contribution in [0.1, 0.15) is 63.1 Å². The fourth-order valence-corrected chi connectivity index (χ4v) is 6.28. The van der Waals surface area contributed by atoms with Crippen molar-refractivity contribution in [1.82, 2.24) is 0 Å². The molecule has 0 spiro atoms. The van der Waals surface area contributed by atoms with Crippen LogP contribution >= 0.6 is 11.6 Å². The van der Waals surface area contributed by atoms with Gasteiger partial charge in [-0.2, -0.15) is 0 Å². The summed E-state index contributed by atoms with van der Waals surface area (Å²) in [5.74, 6) is -0.491. The standard InChI is InChI=1S/C34H39ClFNO3/c1-7-26(34(38)39)29(11-9-19-40-31-12-8-10-24-20-25(36)13-14-28(24)31)27-15-16-30(35)33(22(27)3)32-21(2)17-18-37(5,6)23(32)4/h8,10,12-16,20,23H,7,9,11,17-19H2,1-6H3/p+1/b29-26+. The number of likely N-dealkylation sites (N-methyl/N-ethyl adjacent to an activating group) is 1. The average molecular weight is 565 g/mol. The van der Waals surface area contributed by atoms with E-state index in [1.165, 1.54) is 23.3 Å². The van der Waals surface area contributed by atoms with Gasteiger partial charge < -0.3 is 14.3 Å². The number of carboxylic acids is 1. The zero-order chi connectivity index (χ0) is 29.2. The van der Waals surface area contributed by atoms with Crippen LogP contribution in [-0.4, -0.2) is 48.8 Å². The normalized spacial score (nSPS) is 17.6. The van der Waals surface area contributed by atoms with E-state index in [9.17, 15) is 14.3 Å². The number of hydrogen-bond donors (Lipinski definition) is 1. The number of rotatable bonds is 9. The molecule has 0 aromatic heterocycles. The summed E-state index contributed by atoms with van der Waals surface area (Å²) >= 11 is 6.87. The van der Waals surface area contributed by atoms with Gasteiger partial charge in [-0.15, -0.1) is 0 Å². The number of fused-ring (bicyclic) bond motifs is 1. The number of benzene rings is 3. The molecule has 1 aliphatic heterocycles. The zero-order valence-corrected chi connectivity index (χ0v) is 25.2. The Kier molecular flexibility index (Phi) is 9.06. The molecule has 0 fully saturated rings. The number of carboxylic acid groups (broad SMARTS) is 1. The average Bonchev–Trinajstić information content (AvgIpc) is 2.90. The van der Waals surface area contributed by atoms with Crippen molar-refractivity contribution in [3.63, 3.8) is 0 Å². The van der Waals surface area contributed by atoms with Crippen molar-refractivity contribution >= 4 is 39.5 Å². The number of aliphatic carboxylic acids is 1. The van der Waals surface area contributed by atoms with Gasteiger partial charge in [-0.3, -0.25) is 0 Å². The lowest BCUT2D eigenvalue weighted by atomic mass is 9.82. The van der Waals surface area contributed by atoms with Crippen molar-refractivity contribution in [2.45, 2.75) is 59.4 Å². The van der Waals surface area contributed by atoms with Crippen LogP contribution in [0.25, 0.3) is 21.9 Å². The zero-order valence-electron chi connectivity index (χ0n) is 24.4. The van der Waals surface area contributed by atoms with Gasteiger partial charge in [0.05, 0.1) is 27.2 Å². The lowest BCUT2D eigenvalue weighted by Crippen LogP contribution is -2.51. The number of hydrogen-bond acceptors (Lipinski definition) is 2. The molecule has 1 unspecified atom stereocenters. The molecular formula is C34H40ClFNO3+. The quantitative estimate of drug-likeness (QED) is 0.161. The van der Waals surface area contributed by atoms with Gasteiger partial charge in [0.1, 0.15) is 17.6 Å². The summed E-state index contributed by atoms with van der Waals surface area (Å²) in [5, 5.41) is 12.5. The van der Waals surface area contributed by atoms with E-state index < -0.39 is 5.97 Å². The summed E-state index contributed by atoms with van der Waals surface area (Å²) in [6.45, 7) is 9.88. The van der Waals surface area contributed by atoms with Crippen LogP contribution in [0.5, 0.6) is 5.75 Å². The van der Waals surface area contributed by atoms with E-state index in [0.29, 0.717) is 42.2 Å². The van der Waals surface area contributed by atoms with Gasteiger partial charge in [0.15, 0.2) is 0 Å². The maximum atomic E-state index is 13.7. The number of quaternary nitrogens is 1.